The summed E-state index contributed by atoms with van der Waals surface area (Å²) in [7, 11) is 1.34. The van der Waals surface area contributed by atoms with Gasteiger partial charge in [-0.1, -0.05) is 12.1 Å². The van der Waals surface area contributed by atoms with Crippen molar-refractivity contribution in [1.29, 1.82) is 0 Å². The van der Waals surface area contributed by atoms with Crippen LogP contribution in [0.3, 0.4) is 0 Å². The largest absolute Gasteiger partial charge is 0.465 e. The van der Waals surface area contributed by atoms with Gasteiger partial charge in [-0.05, 0) is 86.8 Å². The topological polar surface area (TPSA) is 72.9 Å². The molecule has 1 aliphatic heterocycles. The van der Waals surface area contributed by atoms with Crippen molar-refractivity contribution in [1.82, 2.24) is 4.90 Å². The number of rotatable bonds is 5. The van der Waals surface area contributed by atoms with E-state index in [0.29, 0.717) is 36.3 Å². The van der Waals surface area contributed by atoms with E-state index in [9.17, 15) is 14.4 Å². The number of benzene rings is 1. The van der Waals surface area contributed by atoms with Crippen molar-refractivity contribution in [2.45, 2.75) is 64.0 Å². The second kappa shape index (κ2) is 7.95. The SMILES string of the molecule is COC(=O)c1ccc(COC(=O)[C@@H]2CCCN2C(=O)C23CC4CC(CC(C4)C2)C3)cc1. The average Bonchev–Trinajstić information content (AvgIpc) is 3.25. The zero-order chi connectivity index (χ0) is 21.6. The third-order valence-electron chi connectivity index (χ3n) is 8.03. The van der Waals surface area contributed by atoms with Gasteiger partial charge in [-0.25, -0.2) is 9.59 Å². The number of nitrogens with zero attached hydrogens (tertiary/aromatic N) is 1. The van der Waals surface area contributed by atoms with Crippen molar-refractivity contribution in [2.75, 3.05) is 13.7 Å². The van der Waals surface area contributed by atoms with Gasteiger partial charge in [-0.15, -0.1) is 0 Å². The zero-order valence-corrected chi connectivity index (χ0v) is 18.2. The lowest BCUT2D eigenvalue weighted by Gasteiger charge is -2.56. The summed E-state index contributed by atoms with van der Waals surface area (Å²) in [5.74, 6) is 1.62. The first-order valence-corrected chi connectivity index (χ1v) is 11.6. The first kappa shape index (κ1) is 20.5. The molecule has 6 heteroatoms. The van der Waals surface area contributed by atoms with Crippen LogP contribution < -0.4 is 0 Å². The van der Waals surface area contributed by atoms with Crippen LogP contribution in [-0.4, -0.2) is 42.4 Å². The molecule has 5 fully saturated rings. The maximum atomic E-state index is 13.7. The van der Waals surface area contributed by atoms with Gasteiger partial charge in [0, 0.05) is 6.54 Å². The van der Waals surface area contributed by atoms with E-state index in [1.807, 2.05) is 4.90 Å². The highest BCUT2D eigenvalue weighted by Crippen LogP contribution is 2.60. The first-order valence-electron chi connectivity index (χ1n) is 11.6. The van der Waals surface area contributed by atoms with Crippen LogP contribution in [0.4, 0.5) is 0 Å². The van der Waals surface area contributed by atoms with E-state index in [4.69, 9.17) is 9.47 Å². The van der Waals surface area contributed by atoms with Crippen LogP contribution in [0, 0.1) is 23.2 Å². The van der Waals surface area contributed by atoms with Crippen LogP contribution in [0.15, 0.2) is 24.3 Å². The van der Waals surface area contributed by atoms with Gasteiger partial charge >= 0.3 is 11.9 Å². The zero-order valence-electron chi connectivity index (χ0n) is 18.2. The molecule has 5 aliphatic rings. The van der Waals surface area contributed by atoms with Crippen molar-refractivity contribution in [3.05, 3.63) is 35.4 Å². The fourth-order valence-electron chi connectivity index (χ4n) is 7.04. The summed E-state index contributed by atoms with van der Waals surface area (Å²) >= 11 is 0. The molecule has 0 spiro atoms. The second-order valence-electron chi connectivity index (χ2n) is 10.2. The quantitative estimate of drug-likeness (QED) is 0.672. The van der Waals surface area contributed by atoms with Crippen LogP contribution in [0.5, 0.6) is 0 Å². The Morgan fingerprint density at radius 2 is 1.61 bits per heavy atom. The number of amides is 1. The maximum absolute atomic E-state index is 13.7. The van der Waals surface area contributed by atoms with E-state index in [1.54, 1.807) is 24.3 Å². The fourth-order valence-corrected chi connectivity index (χ4v) is 7.04. The van der Waals surface area contributed by atoms with Gasteiger partial charge in [0.1, 0.15) is 12.6 Å². The van der Waals surface area contributed by atoms with Crippen molar-refractivity contribution in [3.63, 3.8) is 0 Å². The number of hydrogen-bond donors (Lipinski definition) is 0. The lowest BCUT2D eigenvalue weighted by Crippen LogP contribution is -2.56. The minimum atomic E-state index is -0.463. The normalized spacial score (nSPS) is 33.4. The Morgan fingerprint density at radius 1 is 1.00 bits per heavy atom. The molecule has 1 amide bonds. The third kappa shape index (κ3) is 3.74. The Balaban J connectivity index is 1.22. The Bertz CT molecular complexity index is 841. The molecule has 4 saturated carbocycles. The molecule has 6 rings (SSSR count). The van der Waals surface area contributed by atoms with E-state index < -0.39 is 12.0 Å². The van der Waals surface area contributed by atoms with E-state index in [1.165, 1.54) is 26.4 Å². The second-order valence-corrected chi connectivity index (χ2v) is 10.2. The summed E-state index contributed by atoms with van der Waals surface area (Å²) in [5, 5.41) is 0. The highest BCUT2D eigenvalue weighted by Gasteiger charge is 2.56. The molecule has 4 aliphatic carbocycles. The molecule has 0 N–H and O–H groups in total. The molecule has 0 unspecified atom stereocenters. The van der Waals surface area contributed by atoms with Crippen LogP contribution in [0.2, 0.25) is 0 Å². The molecule has 0 aromatic heterocycles. The number of carbonyl (C=O) groups is 3. The molecule has 4 bridgehead atoms. The van der Waals surface area contributed by atoms with Gasteiger partial charge in [0.25, 0.3) is 0 Å². The molecule has 1 atom stereocenters. The van der Waals surface area contributed by atoms with Gasteiger partial charge < -0.3 is 14.4 Å². The van der Waals surface area contributed by atoms with Crippen LogP contribution in [0.1, 0.15) is 67.3 Å². The fraction of sp³-hybridized carbons (Fsp3) is 0.640. The summed E-state index contributed by atoms with van der Waals surface area (Å²) in [6, 6.07) is 6.37. The molecule has 1 aromatic carbocycles. The predicted octanol–water partition coefficient (Wildman–Crippen LogP) is 3.72. The summed E-state index contributed by atoms with van der Waals surface area (Å²) < 4.78 is 10.3. The van der Waals surface area contributed by atoms with Crippen LogP contribution in [0.25, 0.3) is 0 Å². The Morgan fingerprint density at radius 3 is 2.19 bits per heavy atom. The Labute approximate surface area is 183 Å². The lowest BCUT2D eigenvalue weighted by molar-refractivity contribution is -0.166. The third-order valence-corrected chi connectivity index (χ3v) is 8.03. The molecule has 1 saturated heterocycles. The summed E-state index contributed by atoms with van der Waals surface area (Å²) in [5.41, 5.74) is 1.04. The number of esters is 2. The number of likely N-dealkylation sites (tertiary alicyclic amines) is 1. The van der Waals surface area contributed by atoms with E-state index in [2.05, 4.69) is 0 Å². The van der Waals surface area contributed by atoms with Crippen molar-refractivity contribution >= 4 is 17.8 Å². The van der Waals surface area contributed by atoms with Gasteiger partial charge in [0.15, 0.2) is 0 Å². The summed E-state index contributed by atoms with van der Waals surface area (Å²) in [6.07, 6.45) is 8.48. The maximum Gasteiger partial charge on any atom is 0.337 e. The monoisotopic (exact) mass is 425 g/mol. The van der Waals surface area contributed by atoms with Crippen molar-refractivity contribution in [3.8, 4) is 0 Å². The molecule has 31 heavy (non-hydrogen) atoms. The van der Waals surface area contributed by atoms with Crippen molar-refractivity contribution < 1.29 is 23.9 Å². The summed E-state index contributed by atoms with van der Waals surface area (Å²) in [4.78, 5) is 40.0. The van der Waals surface area contributed by atoms with Crippen LogP contribution >= 0.6 is 0 Å². The molecular formula is C25H31NO5. The van der Waals surface area contributed by atoms with Gasteiger partial charge in [-0.2, -0.15) is 0 Å². The number of methoxy groups -OCH3 is 1. The number of ether oxygens (including phenoxy) is 2. The number of carbonyl (C=O) groups excluding carboxylic acids is 3. The molecular weight excluding hydrogens is 394 g/mol. The smallest absolute Gasteiger partial charge is 0.337 e. The molecule has 1 aromatic rings. The average molecular weight is 426 g/mol. The van der Waals surface area contributed by atoms with E-state index in [-0.39, 0.29) is 23.9 Å². The number of hydrogen-bond acceptors (Lipinski definition) is 5. The van der Waals surface area contributed by atoms with Crippen LogP contribution in [-0.2, 0) is 25.7 Å². The molecule has 166 valence electrons. The lowest BCUT2D eigenvalue weighted by atomic mass is 9.49. The summed E-state index contributed by atoms with van der Waals surface area (Å²) in [6.45, 7) is 0.796. The van der Waals surface area contributed by atoms with E-state index >= 15 is 0 Å². The highest BCUT2D eigenvalue weighted by atomic mass is 16.5. The van der Waals surface area contributed by atoms with Crippen molar-refractivity contribution in [2.24, 2.45) is 23.2 Å². The molecule has 1 heterocycles. The minimum absolute atomic E-state index is 0.135. The standard InChI is InChI=1S/C25H31NO5/c1-30-22(27)20-6-4-16(5-7-20)15-31-23(28)21-3-2-8-26(21)24(29)25-12-17-9-18(13-25)11-19(10-17)14-25/h4-7,17-19,21H,2-3,8-15H2,1H3/t17?,18?,19?,21-,25?/m0/s1. The predicted molar refractivity (Wildman–Crippen MR) is 113 cm³/mol. The van der Waals surface area contributed by atoms with Gasteiger partial charge in [-0.3, -0.25) is 4.79 Å². The first-order chi connectivity index (χ1) is 15.0. The highest BCUT2D eigenvalue weighted by molar-refractivity contribution is 5.90. The van der Waals surface area contributed by atoms with Gasteiger partial charge in [0.2, 0.25) is 5.91 Å². The molecule has 6 nitrogen and oxygen atoms in total. The minimum Gasteiger partial charge on any atom is -0.465 e. The molecule has 0 radical (unpaired) electrons. The van der Waals surface area contributed by atoms with Gasteiger partial charge in [0.05, 0.1) is 18.1 Å². The van der Waals surface area contributed by atoms with E-state index in [0.717, 1.165) is 31.2 Å². The Kier molecular flexibility index (Phi) is 5.27. The Hall–Kier alpha value is -2.37.